The van der Waals surface area contributed by atoms with Crippen LogP contribution in [-0.4, -0.2) is 40.7 Å². The third kappa shape index (κ3) is 5.15. The minimum Gasteiger partial charge on any atom is -0.406 e. The number of piperidine rings is 1. The number of ether oxygens (including phenoxy) is 1. The number of aromatic amines is 1. The van der Waals surface area contributed by atoms with Gasteiger partial charge in [0.25, 0.3) is 5.56 Å². The predicted octanol–water partition coefficient (Wildman–Crippen LogP) is 3.50. The zero-order valence-corrected chi connectivity index (χ0v) is 18.4. The van der Waals surface area contributed by atoms with Gasteiger partial charge in [-0.15, -0.1) is 13.2 Å². The largest absolute Gasteiger partial charge is 0.573 e. The molecule has 0 radical (unpaired) electrons. The highest BCUT2D eigenvalue weighted by Gasteiger charge is 2.36. The Bertz CT molecular complexity index is 1130. The van der Waals surface area contributed by atoms with Crippen LogP contribution in [0.5, 0.6) is 5.75 Å². The number of amides is 2. The van der Waals surface area contributed by atoms with E-state index in [-0.39, 0.29) is 29.5 Å². The highest BCUT2D eigenvalue weighted by molar-refractivity contribution is 6.04. The van der Waals surface area contributed by atoms with Crippen molar-refractivity contribution in [1.29, 1.82) is 0 Å². The molecular formula is C22H24F3N5O4. The second kappa shape index (κ2) is 9.35. The Balaban J connectivity index is 1.57. The molecular weight excluding hydrogens is 455 g/mol. The van der Waals surface area contributed by atoms with Crippen LogP contribution in [0.1, 0.15) is 50.5 Å². The minimum atomic E-state index is -4.83. The summed E-state index contributed by atoms with van der Waals surface area (Å²) in [5.74, 6) is -2.25. The number of rotatable bonds is 5. The van der Waals surface area contributed by atoms with Crippen LogP contribution >= 0.6 is 0 Å². The second-order valence-electron chi connectivity index (χ2n) is 8.27. The van der Waals surface area contributed by atoms with E-state index < -0.39 is 35.4 Å². The quantitative estimate of drug-likeness (QED) is 0.605. The Morgan fingerprint density at radius 2 is 1.97 bits per heavy atom. The number of hydrogen-bond acceptors (Lipinski definition) is 6. The molecule has 2 amide bonds. The normalized spacial score (nSPS) is 20.4. The molecule has 0 bridgehead atoms. The van der Waals surface area contributed by atoms with Gasteiger partial charge >= 0.3 is 6.36 Å². The van der Waals surface area contributed by atoms with Crippen molar-refractivity contribution in [2.75, 3.05) is 22.1 Å². The van der Waals surface area contributed by atoms with Crippen molar-refractivity contribution in [3.8, 4) is 5.75 Å². The van der Waals surface area contributed by atoms with Gasteiger partial charge in [0, 0.05) is 24.7 Å². The van der Waals surface area contributed by atoms with E-state index in [1.165, 1.54) is 12.1 Å². The molecule has 4 rings (SSSR count). The maximum atomic E-state index is 13.0. The van der Waals surface area contributed by atoms with Crippen LogP contribution in [0.15, 0.2) is 29.1 Å². The number of hydrogen-bond donors (Lipinski definition) is 3. The number of aromatic nitrogens is 2. The summed E-state index contributed by atoms with van der Waals surface area (Å²) in [5.41, 5.74) is -0.287. The van der Waals surface area contributed by atoms with Crippen molar-refractivity contribution in [3.63, 3.8) is 0 Å². The van der Waals surface area contributed by atoms with E-state index in [4.69, 9.17) is 0 Å². The van der Waals surface area contributed by atoms with Gasteiger partial charge in [0.05, 0.1) is 11.5 Å². The van der Waals surface area contributed by atoms with Crippen LogP contribution in [0, 0.1) is 0 Å². The molecule has 3 N–H and O–H groups in total. The first-order valence-corrected chi connectivity index (χ1v) is 11.0. The molecule has 1 fully saturated rings. The number of carbonyl (C=O) groups excluding carboxylic acids is 2. The lowest BCUT2D eigenvalue weighted by Crippen LogP contribution is -2.43. The Labute approximate surface area is 192 Å². The lowest BCUT2D eigenvalue weighted by Gasteiger charge is -2.36. The summed E-state index contributed by atoms with van der Waals surface area (Å²) in [7, 11) is 0. The third-order valence-corrected chi connectivity index (χ3v) is 5.98. The molecule has 0 unspecified atom stereocenters. The fourth-order valence-corrected chi connectivity index (χ4v) is 4.39. The summed E-state index contributed by atoms with van der Waals surface area (Å²) in [6.07, 6.45) is -1.19. The Morgan fingerprint density at radius 3 is 2.65 bits per heavy atom. The molecule has 0 spiro atoms. The van der Waals surface area contributed by atoms with Crippen LogP contribution in [-0.2, 0) is 9.59 Å². The number of anilines is 3. The molecule has 2 aromatic rings. The first-order chi connectivity index (χ1) is 16.1. The molecule has 2 aliphatic heterocycles. The van der Waals surface area contributed by atoms with Crippen LogP contribution in [0.3, 0.4) is 0 Å². The summed E-state index contributed by atoms with van der Waals surface area (Å²) in [4.78, 5) is 47.5. The summed E-state index contributed by atoms with van der Waals surface area (Å²) < 4.78 is 40.8. The van der Waals surface area contributed by atoms with Crippen molar-refractivity contribution in [2.24, 2.45) is 0 Å². The molecule has 0 saturated carbocycles. The van der Waals surface area contributed by atoms with Crippen LogP contribution in [0.4, 0.5) is 30.6 Å². The lowest BCUT2D eigenvalue weighted by molar-refractivity contribution is -0.274. The van der Waals surface area contributed by atoms with Crippen molar-refractivity contribution in [2.45, 2.75) is 57.3 Å². The van der Waals surface area contributed by atoms with Crippen molar-refractivity contribution in [3.05, 3.63) is 40.2 Å². The van der Waals surface area contributed by atoms with Crippen LogP contribution in [0.25, 0.3) is 0 Å². The van der Waals surface area contributed by atoms with Crippen LogP contribution < -0.4 is 25.8 Å². The predicted molar refractivity (Wildman–Crippen MR) is 118 cm³/mol. The highest BCUT2D eigenvalue weighted by Crippen LogP contribution is 2.32. The molecule has 1 saturated heterocycles. The number of carbonyl (C=O) groups is 2. The number of nitrogens with zero attached hydrogens (tertiary/aromatic N) is 2. The SMILES string of the molecule is CC[C@H]1CCCCN1c1nc2c(c(=O)[nH]1)[C@@H](C(=O)Nc1ccc(OC(F)(F)F)cc1)CC(=O)N2. The first-order valence-electron chi connectivity index (χ1n) is 11.0. The van der Waals surface area contributed by atoms with Crippen molar-refractivity contribution < 1.29 is 27.5 Å². The maximum absolute atomic E-state index is 13.0. The number of fused-ring (bicyclic) bond motifs is 1. The van der Waals surface area contributed by atoms with Crippen molar-refractivity contribution >= 4 is 29.3 Å². The van der Waals surface area contributed by atoms with E-state index in [1.54, 1.807) is 0 Å². The molecule has 12 heteroatoms. The van der Waals surface area contributed by atoms with E-state index in [0.29, 0.717) is 5.95 Å². The number of benzene rings is 1. The Hall–Kier alpha value is -3.57. The molecule has 2 aliphatic rings. The van der Waals surface area contributed by atoms with Gasteiger partial charge in [-0.3, -0.25) is 19.4 Å². The van der Waals surface area contributed by atoms with Crippen LogP contribution in [0.2, 0.25) is 0 Å². The first kappa shape index (κ1) is 23.6. The monoisotopic (exact) mass is 479 g/mol. The number of H-pyrrole nitrogens is 1. The van der Waals surface area contributed by atoms with Gasteiger partial charge in [-0.2, -0.15) is 4.98 Å². The molecule has 1 aromatic carbocycles. The average molecular weight is 479 g/mol. The van der Waals surface area contributed by atoms with E-state index in [9.17, 15) is 27.6 Å². The highest BCUT2D eigenvalue weighted by atomic mass is 19.4. The van der Waals surface area contributed by atoms with E-state index >= 15 is 0 Å². The fourth-order valence-electron chi connectivity index (χ4n) is 4.39. The van der Waals surface area contributed by atoms with Gasteiger partial charge in [0.1, 0.15) is 11.6 Å². The number of alkyl halides is 3. The molecule has 3 heterocycles. The molecule has 2 atom stereocenters. The molecule has 182 valence electrons. The summed E-state index contributed by atoms with van der Waals surface area (Å²) >= 11 is 0. The molecule has 1 aromatic heterocycles. The smallest absolute Gasteiger partial charge is 0.406 e. The summed E-state index contributed by atoms with van der Waals surface area (Å²) in [5, 5.41) is 5.13. The standard InChI is InChI=1S/C22H24F3N5O4/c1-2-13-5-3-4-10-30(13)21-28-18-17(20(33)29-21)15(11-16(31)27-18)19(32)26-12-6-8-14(9-7-12)34-22(23,24)25/h6-9,13,15H,2-5,10-11H2,1H3,(H,26,32)(H2,27,28,29,31,33)/t13-,15-/m0/s1. The van der Waals surface area contributed by atoms with E-state index in [2.05, 4.69) is 32.3 Å². The van der Waals surface area contributed by atoms with Crippen molar-refractivity contribution in [1.82, 2.24) is 9.97 Å². The average Bonchev–Trinajstić information content (AvgIpc) is 2.78. The Morgan fingerprint density at radius 1 is 1.24 bits per heavy atom. The molecule has 0 aliphatic carbocycles. The summed E-state index contributed by atoms with van der Waals surface area (Å²) in [6.45, 7) is 2.79. The zero-order chi connectivity index (χ0) is 24.5. The van der Waals surface area contributed by atoms with Gasteiger partial charge in [-0.25, -0.2) is 0 Å². The van der Waals surface area contributed by atoms with Gasteiger partial charge in [0.15, 0.2) is 0 Å². The molecule has 9 nitrogen and oxygen atoms in total. The lowest BCUT2D eigenvalue weighted by atomic mass is 9.92. The third-order valence-electron chi connectivity index (χ3n) is 5.98. The van der Waals surface area contributed by atoms with E-state index in [1.807, 2.05) is 4.90 Å². The molecule has 34 heavy (non-hydrogen) atoms. The Kier molecular flexibility index (Phi) is 6.49. The number of halogens is 3. The van der Waals surface area contributed by atoms with Gasteiger partial charge in [-0.05, 0) is 49.9 Å². The van der Waals surface area contributed by atoms with E-state index in [0.717, 1.165) is 44.4 Å². The van der Waals surface area contributed by atoms with Gasteiger partial charge < -0.3 is 20.3 Å². The fraction of sp³-hybridized carbons (Fsp3) is 0.455. The van der Waals surface area contributed by atoms with Gasteiger partial charge in [-0.1, -0.05) is 6.92 Å². The minimum absolute atomic E-state index is 0.0444. The van der Waals surface area contributed by atoms with Gasteiger partial charge in [0.2, 0.25) is 17.8 Å². The second-order valence-corrected chi connectivity index (χ2v) is 8.27. The maximum Gasteiger partial charge on any atom is 0.573 e. The zero-order valence-electron chi connectivity index (χ0n) is 18.4. The summed E-state index contributed by atoms with van der Waals surface area (Å²) in [6, 6.07) is 4.78. The topological polar surface area (TPSA) is 116 Å². The number of nitrogens with one attached hydrogen (secondary N) is 3.